The number of hydrogen-bond acceptors (Lipinski definition) is 4. The van der Waals surface area contributed by atoms with Gasteiger partial charge in [-0.1, -0.05) is 12.1 Å². The van der Waals surface area contributed by atoms with Crippen LogP contribution in [0.3, 0.4) is 0 Å². The summed E-state index contributed by atoms with van der Waals surface area (Å²) in [6.45, 7) is 0.819. The van der Waals surface area contributed by atoms with Crippen LogP contribution in [0.2, 0.25) is 0 Å². The molecule has 98 valence electrons. The van der Waals surface area contributed by atoms with Crippen LogP contribution >= 0.6 is 0 Å². The number of nitrogens with zero attached hydrogens (tertiary/aromatic N) is 2. The van der Waals surface area contributed by atoms with Crippen LogP contribution in [0.4, 0.5) is 10.5 Å². The summed E-state index contributed by atoms with van der Waals surface area (Å²) < 4.78 is 0. The lowest BCUT2D eigenvalue weighted by molar-refractivity contribution is 0.251. The summed E-state index contributed by atoms with van der Waals surface area (Å²) in [6.07, 6.45) is 1.59. The Bertz CT molecular complexity index is 526. The zero-order chi connectivity index (χ0) is 13.5. The van der Waals surface area contributed by atoms with Gasteiger partial charge >= 0.3 is 6.03 Å². The van der Waals surface area contributed by atoms with Gasteiger partial charge in [0.05, 0.1) is 12.2 Å². The molecule has 0 atom stereocenters. The van der Waals surface area contributed by atoms with E-state index in [1.807, 2.05) is 24.3 Å². The summed E-state index contributed by atoms with van der Waals surface area (Å²) in [5.41, 5.74) is 7.94. The fourth-order valence-corrected chi connectivity index (χ4v) is 1.50. The molecule has 2 amide bonds. The van der Waals surface area contributed by atoms with Gasteiger partial charge in [0.15, 0.2) is 0 Å². The second-order valence-corrected chi connectivity index (χ2v) is 3.92. The number of hydrogen-bond donors (Lipinski definition) is 3. The zero-order valence-electron chi connectivity index (χ0n) is 10.3. The van der Waals surface area contributed by atoms with E-state index in [1.165, 1.54) is 0 Å². The van der Waals surface area contributed by atoms with E-state index in [1.54, 1.807) is 18.3 Å². The number of urea groups is 1. The van der Waals surface area contributed by atoms with Gasteiger partial charge in [0, 0.05) is 18.4 Å². The minimum atomic E-state index is -0.286. The molecule has 0 unspecified atom stereocenters. The van der Waals surface area contributed by atoms with E-state index in [9.17, 15) is 4.79 Å². The highest BCUT2D eigenvalue weighted by Gasteiger charge is 2.02. The van der Waals surface area contributed by atoms with Gasteiger partial charge in [-0.05, 0) is 29.8 Å². The summed E-state index contributed by atoms with van der Waals surface area (Å²) in [6, 6.07) is 10.6. The Morgan fingerprint density at radius 1 is 1.21 bits per heavy atom. The molecule has 0 aliphatic heterocycles. The molecule has 1 aromatic heterocycles. The van der Waals surface area contributed by atoms with Crippen LogP contribution in [0.15, 0.2) is 42.6 Å². The van der Waals surface area contributed by atoms with Gasteiger partial charge in [0.2, 0.25) is 0 Å². The van der Waals surface area contributed by atoms with Crippen LogP contribution < -0.4 is 16.4 Å². The molecule has 0 saturated carbocycles. The minimum Gasteiger partial charge on any atom is -0.332 e. The molecule has 6 nitrogen and oxygen atoms in total. The quantitative estimate of drug-likeness (QED) is 0.768. The van der Waals surface area contributed by atoms with Crippen molar-refractivity contribution in [1.82, 2.24) is 15.5 Å². The molecule has 0 aliphatic carbocycles. The first kappa shape index (κ1) is 13.0. The van der Waals surface area contributed by atoms with Gasteiger partial charge < -0.3 is 16.4 Å². The SMILES string of the molecule is NCc1ccc(NC(=O)NCc2cccnn2)cc1. The molecule has 0 saturated heterocycles. The number of rotatable bonds is 4. The molecule has 1 heterocycles. The average molecular weight is 257 g/mol. The molecule has 0 spiro atoms. The van der Waals surface area contributed by atoms with Crippen LogP contribution in [0.1, 0.15) is 11.3 Å². The molecule has 2 rings (SSSR count). The number of carbonyl (C=O) groups is 1. The largest absolute Gasteiger partial charge is 0.332 e. The normalized spacial score (nSPS) is 9.95. The Morgan fingerprint density at radius 2 is 2.00 bits per heavy atom. The van der Waals surface area contributed by atoms with Crippen LogP contribution in [-0.2, 0) is 13.1 Å². The summed E-state index contributed by atoms with van der Waals surface area (Å²) >= 11 is 0. The maximum atomic E-state index is 11.6. The predicted octanol–water partition coefficient (Wildman–Crippen LogP) is 1.26. The lowest BCUT2D eigenvalue weighted by atomic mass is 10.2. The molecule has 0 fully saturated rings. The van der Waals surface area contributed by atoms with Crippen molar-refractivity contribution in [2.75, 3.05) is 5.32 Å². The average Bonchev–Trinajstić information content (AvgIpc) is 2.47. The van der Waals surface area contributed by atoms with Gasteiger partial charge in [-0.15, -0.1) is 0 Å². The molecule has 19 heavy (non-hydrogen) atoms. The Balaban J connectivity index is 1.83. The van der Waals surface area contributed by atoms with Gasteiger partial charge in [-0.25, -0.2) is 4.79 Å². The Kier molecular flexibility index (Phi) is 4.41. The fraction of sp³-hybridized carbons (Fsp3) is 0.154. The highest BCUT2D eigenvalue weighted by atomic mass is 16.2. The van der Waals surface area contributed by atoms with Gasteiger partial charge in [0.1, 0.15) is 0 Å². The van der Waals surface area contributed by atoms with Crippen molar-refractivity contribution in [3.63, 3.8) is 0 Å². The van der Waals surface area contributed by atoms with Crippen LogP contribution in [-0.4, -0.2) is 16.2 Å². The molecule has 0 radical (unpaired) electrons. The first-order valence-corrected chi connectivity index (χ1v) is 5.88. The Hall–Kier alpha value is -2.47. The van der Waals surface area contributed by atoms with Gasteiger partial charge in [0.25, 0.3) is 0 Å². The van der Waals surface area contributed by atoms with E-state index in [2.05, 4.69) is 20.8 Å². The number of carbonyl (C=O) groups excluding carboxylic acids is 1. The minimum absolute atomic E-state index is 0.286. The standard InChI is InChI=1S/C13H15N5O/c14-8-10-3-5-11(6-4-10)17-13(19)15-9-12-2-1-7-16-18-12/h1-7H,8-9,14H2,(H2,15,17,19). The number of nitrogens with one attached hydrogen (secondary N) is 2. The molecule has 0 aliphatic rings. The lowest BCUT2D eigenvalue weighted by Gasteiger charge is -2.07. The fourth-order valence-electron chi connectivity index (χ4n) is 1.50. The molecule has 6 heteroatoms. The maximum absolute atomic E-state index is 11.6. The van der Waals surface area contributed by atoms with E-state index >= 15 is 0 Å². The number of anilines is 1. The molecule has 4 N–H and O–H groups in total. The van der Waals surface area contributed by atoms with Crippen LogP contribution in [0, 0.1) is 0 Å². The van der Waals surface area contributed by atoms with Crippen LogP contribution in [0.5, 0.6) is 0 Å². The smallest absolute Gasteiger partial charge is 0.319 e. The van der Waals surface area contributed by atoms with E-state index in [0.717, 1.165) is 5.56 Å². The third kappa shape index (κ3) is 4.04. The third-order valence-electron chi connectivity index (χ3n) is 2.51. The number of amides is 2. The Morgan fingerprint density at radius 3 is 2.63 bits per heavy atom. The van der Waals surface area contributed by atoms with Crippen molar-refractivity contribution >= 4 is 11.7 Å². The summed E-state index contributed by atoms with van der Waals surface area (Å²) in [5, 5.41) is 13.0. The van der Waals surface area contributed by atoms with Crippen molar-refractivity contribution < 1.29 is 4.79 Å². The van der Waals surface area contributed by atoms with Crippen molar-refractivity contribution in [3.05, 3.63) is 53.9 Å². The highest BCUT2D eigenvalue weighted by molar-refractivity contribution is 5.89. The Labute approximate surface area is 111 Å². The third-order valence-corrected chi connectivity index (χ3v) is 2.51. The summed E-state index contributed by atoms with van der Waals surface area (Å²) in [7, 11) is 0. The van der Waals surface area contributed by atoms with Crippen molar-refractivity contribution in [3.8, 4) is 0 Å². The van der Waals surface area contributed by atoms with E-state index in [4.69, 9.17) is 5.73 Å². The maximum Gasteiger partial charge on any atom is 0.319 e. The van der Waals surface area contributed by atoms with E-state index in [-0.39, 0.29) is 6.03 Å². The number of nitrogens with two attached hydrogens (primary N) is 1. The highest BCUT2D eigenvalue weighted by Crippen LogP contribution is 2.08. The van der Waals surface area contributed by atoms with E-state index < -0.39 is 0 Å². The topological polar surface area (TPSA) is 92.9 Å². The van der Waals surface area contributed by atoms with Crippen molar-refractivity contribution in [2.45, 2.75) is 13.1 Å². The van der Waals surface area contributed by atoms with Crippen LogP contribution in [0.25, 0.3) is 0 Å². The van der Waals surface area contributed by atoms with Crippen molar-refractivity contribution in [1.29, 1.82) is 0 Å². The number of aromatic nitrogens is 2. The van der Waals surface area contributed by atoms with Gasteiger partial charge in [-0.2, -0.15) is 10.2 Å². The molecule has 0 bridgehead atoms. The monoisotopic (exact) mass is 257 g/mol. The molecule has 1 aromatic carbocycles. The number of benzene rings is 1. The first-order valence-electron chi connectivity index (χ1n) is 5.88. The lowest BCUT2D eigenvalue weighted by Crippen LogP contribution is -2.28. The van der Waals surface area contributed by atoms with Gasteiger partial charge in [-0.3, -0.25) is 0 Å². The van der Waals surface area contributed by atoms with E-state index in [0.29, 0.717) is 24.5 Å². The molecule has 2 aromatic rings. The zero-order valence-corrected chi connectivity index (χ0v) is 10.3. The molecular formula is C13H15N5O. The van der Waals surface area contributed by atoms with Crippen molar-refractivity contribution in [2.24, 2.45) is 5.73 Å². The summed E-state index contributed by atoms with van der Waals surface area (Å²) in [4.78, 5) is 11.6. The second-order valence-electron chi connectivity index (χ2n) is 3.92. The summed E-state index contributed by atoms with van der Waals surface area (Å²) in [5.74, 6) is 0. The second kappa shape index (κ2) is 6.46. The first-order chi connectivity index (χ1) is 9.28. The molecular weight excluding hydrogens is 242 g/mol. The predicted molar refractivity (Wildman–Crippen MR) is 72.2 cm³/mol.